The number of rotatable bonds is 3. The van der Waals surface area contributed by atoms with E-state index in [1.54, 1.807) is 4.90 Å². The van der Waals surface area contributed by atoms with Gasteiger partial charge in [-0.05, 0) is 74.1 Å². The molecule has 3 aliphatic heterocycles. The standard InChI is InChI=1S/C24H27N3O4/c1-13-14(2)23-18(24(29)27(12-31-23)21-11-30-7-6-22(21)28)10-17(13)8-16-4-5-19-20(9-16)26-15(3)25-19/h4-5,9-10,15,21-22,28H,6-8,11-12H2,1-3H3/t15?,21-,22-/m0/s1. The Labute approximate surface area is 181 Å². The molecule has 7 nitrogen and oxygen atoms in total. The third kappa shape index (κ3) is 3.51. The van der Waals surface area contributed by atoms with Crippen LogP contribution < -0.4 is 15.5 Å². The maximum atomic E-state index is 13.4. The van der Waals surface area contributed by atoms with Gasteiger partial charge in [-0.25, -0.2) is 0 Å². The minimum atomic E-state index is -0.600. The van der Waals surface area contributed by atoms with Crippen molar-refractivity contribution in [3.05, 3.63) is 62.8 Å². The summed E-state index contributed by atoms with van der Waals surface area (Å²) in [5.41, 5.74) is 4.87. The number of hydrogen-bond donors (Lipinski definition) is 1. The van der Waals surface area contributed by atoms with Crippen LogP contribution in [0.1, 0.15) is 46.0 Å². The van der Waals surface area contributed by atoms with E-state index in [4.69, 9.17) is 9.47 Å². The van der Waals surface area contributed by atoms with Crippen LogP contribution in [-0.4, -0.2) is 54.2 Å². The van der Waals surface area contributed by atoms with Gasteiger partial charge in [0.2, 0.25) is 0 Å². The van der Waals surface area contributed by atoms with E-state index < -0.39 is 6.10 Å². The van der Waals surface area contributed by atoms with Crippen molar-refractivity contribution < 1.29 is 19.4 Å². The highest BCUT2D eigenvalue weighted by molar-refractivity contribution is 5.99. The van der Waals surface area contributed by atoms with Crippen LogP contribution in [0.5, 0.6) is 5.75 Å². The van der Waals surface area contributed by atoms with Crippen molar-refractivity contribution in [1.82, 2.24) is 4.90 Å². The van der Waals surface area contributed by atoms with Crippen molar-refractivity contribution in [3.63, 3.8) is 0 Å². The molecule has 0 bridgehead atoms. The van der Waals surface area contributed by atoms with E-state index in [-0.39, 0.29) is 24.8 Å². The van der Waals surface area contributed by atoms with Crippen molar-refractivity contribution in [3.8, 4) is 5.75 Å². The highest BCUT2D eigenvalue weighted by Gasteiger charge is 2.37. The Morgan fingerprint density at radius 3 is 2.77 bits per heavy atom. The molecule has 0 aromatic heterocycles. The zero-order valence-corrected chi connectivity index (χ0v) is 18.1. The lowest BCUT2D eigenvalue weighted by atomic mass is 9.92. The molecule has 3 heterocycles. The predicted molar refractivity (Wildman–Crippen MR) is 114 cm³/mol. The third-order valence-electron chi connectivity index (χ3n) is 6.56. The van der Waals surface area contributed by atoms with Gasteiger partial charge in [0.1, 0.15) is 11.9 Å². The molecule has 162 valence electrons. The fourth-order valence-electron chi connectivity index (χ4n) is 4.64. The summed E-state index contributed by atoms with van der Waals surface area (Å²) in [6, 6.07) is 7.73. The minimum absolute atomic E-state index is 0.0298. The van der Waals surface area contributed by atoms with Gasteiger partial charge in [0.25, 0.3) is 5.91 Å². The Bertz CT molecular complexity index is 1180. The monoisotopic (exact) mass is 421 g/mol. The molecule has 0 radical (unpaired) electrons. The second-order valence-electron chi connectivity index (χ2n) is 8.60. The first-order chi connectivity index (χ1) is 14.9. The molecule has 3 aliphatic rings. The zero-order valence-electron chi connectivity index (χ0n) is 18.1. The van der Waals surface area contributed by atoms with Gasteiger partial charge in [0.05, 0.1) is 35.0 Å². The third-order valence-corrected chi connectivity index (χ3v) is 6.56. The molecule has 0 aliphatic carbocycles. The molecule has 1 saturated heterocycles. The maximum absolute atomic E-state index is 13.4. The number of fused-ring (bicyclic) bond motifs is 2. The fourth-order valence-corrected chi connectivity index (χ4v) is 4.64. The summed E-state index contributed by atoms with van der Waals surface area (Å²) in [6.45, 7) is 7.01. The molecule has 31 heavy (non-hydrogen) atoms. The Hall–Kier alpha value is -2.77. The Kier molecular flexibility index (Phi) is 5.02. The molecule has 3 atom stereocenters. The molecule has 0 saturated carbocycles. The summed E-state index contributed by atoms with van der Waals surface area (Å²) >= 11 is 0. The quantitative estimate of drug-likeness (QED) is 0.813. The molecule has 0 spiro atoms. The van der Waals surface area contributed by atoms with Crippen LogP contribution in [0.2, 0.25) is 0 Å². The van der Waals surface area contributed by atoms with Crippen molar-refractivity contribution >= 4 is 5.91 Å². The van der Waals surface area contributed by atoms with Gasteiger partial charge < -0.3 is 14.6 Å². The molecule has 2 aromatic rings. The molecule has 1 fully saturated rings. The Morgan fingerprint density at radius 2 is 1.97 bits per heavy atom. The van der Waals surface area contributed by atoms with Crippen LogP contribution in [0.25, 0.3) is 0 Å². The molecule has 1 unspecified atom stereocenters. The van der Waals surface area contributed by atoms with Gasteiger partial charge >= 0.3 is 0 Å². The average Bonchev–Trinajstić information content (AvgIpc) is 3.12. The van der Waals surface area contributed by atoms with Gasteiger partial charge in [0, 0.05) is 6.61 Å². The number of hydrogen-bond acceptors (Lipinski definition) is 6. The number of aliphatic hydroxyl groups excluding tert-OH is 1. The number of carbonyl (C=O) groups is 1. The first-order valence-electron chi connectivity index (χ1n) is 10.8. The van der Waals surface area contributed by atoms with Gasteiger partial charge in [-0.1, -0.05) is 6.07 Å². The van der Waals surface area contributed by atoms with E-state index in [0.717, 1.165) is 33.0 Å². The fraction of sp³-hybridized carbons (Fsp3) is 0.458. The van der Waals surface area contributed by atoms with Crippen LogP contribution in [0.15, 0.2) is 34.3 Å². The second kappa shape index (κ2) is 7.73. The van der Waals surface area contributed by atoms with E-state index in [1.807, 2.05) is 26.0 Å². The lowest BCUT2D eigenvalue weighted by Crippen LogP contribution is -2.55. The van der Waals surface area contributed by atoms with E-state index >= 15 is 0 Å². The highest BCUT2D eigenvalue weighted by atomic mass is 16.5. The largest absolute Gasteiger partial charge is 0.472 e. The second-order valence-corrected chi connectivity index (χ2v) is 8.60. The normalized spacial score (nSPS) is 24.7. The molecular formula is C24H27N3O4. The van der Waals surface area contributed by atoms with Crippen molar-refractivity contribution in [2.45, 2.75) is 51.9 Å². The number of benzene rings is 2. The van der Waals surface area contributed by atoms with Gasteiger partial charge in [0.15, 0.2) is 6.73 Å². The number of nitrogens with zero attached hydrogens (tertiary/aromatic N) is 3. The van der Waals surface area contributed by atoms with Crippen LogP contribution in [0.4, 0.5) is 0 Å². The predicted octanol–water partition coefficient (Wildman–Crippen LogP) is 1.43. The number of aliphatic hydroxyl groups is 1. The van der Waals surface area contributed by atoms with E-state index in [0.29, 0.717) is 37.4 Å². The molecule has 1 amide bonds. The van der Waals surface area contributed by atoms with Gasteiger partial charge in [-0.15, -0.1) is 0 Å². The first-order valence-corrected chi connectivity index (χ1v) is 10.8. The highest BCUT2D eigenvalue weighted by Crippen LogP contribution is 2.35. The first kappa shape index (κ1) is 20.2. The topological polar surface area (TPSA) is 83.7 Å². The molecular weight excluding hydrogens is 394 g/mol. The molecule has 2 aromatic carbocycles. The van der Waals surface area contributed by atoms with Gasteiger partial charge in [-0.2, -0.15) is 0 Å². The summed E-state index contributed by atoms with van der Waals surface area (Å²) in [5, 5.41) is 12.2. The number of carbonyl (C=O) groups excluding carboxylic acids is 1. The maximum Gasteiger partial charge on any atom is 0.260 e. The van der Waals surface area contributed by atoms with E-state index in [9.17, 15) is 9.90 Å². The van der Waals surface area contributed by atoms with Crippen LogP contribution in [0, 0.1) is 13.8 Å². The Balaban J connectivity index is 1.48. The van der Waals surface area contributed by atoms with E-state index in [1.165, 1.54) is 0 Å². The van der Waals surface area contributed by atoms with Crippen LogP contribution in [0.3, 0.4) is 0 Å². The molecule has 7 heteroatoms. The zero-order chi connectivity index (χ0) is 21.7. The lowest BCUT2D eigenvalue weighted by Gasteiger charge is -2.40. The summed E-state index contributed by atoms with van der Waals surface area (Å²) in [4.78, 5) is 24.0. The SMILES string of the molecule is Cc1c(Cc2ccc3c(c2)=NC(C)N=3)cc2c(c1C)OCN([C@H]1COCC[C@@H]1O)C2=O. The van der Waals surface area contributed by atoms with Crippen molar-refractivity contribution in [1.29, 1.82) is 0 Å². The van der Waals surface area contributed by atoms with Crippen LogP contribution in [-0.2, 0) is 11.2 Å². The number of amides is 1. The molecule has 1 N–H and O–H groups in total. The number of ether oxygens (including phenoxy) is 2. The van der Waals surface area contributed by atoms with Crippen molar-refractivity contribution in [2.75, 3.05) is 19.9 Å². The van der Waals surface area contributed by atoms with Crippen LogP contribution >= 0.6 is 0 Å². The molecule has 5 rings (SSSR count). The minimum Gasteiger partial charge on any atom is -0.472 e. The summed E-state index contributed by atoms with van der Waals surface area (Å²) in [7, 11) is 0. The average molecular weight is 421 g/mol. The Morgan fingerprint density at radius 1 is 1.16 bits per heavy atom. The lowest BCUT2D eigenvalue weighted by molar-refractivity contribution is -0.0697. The van der Waals surface area contributed by atoms with E-state index in [2.05, 4.69) is 29.0 Å². The summed E-state index contributed by atoms with van der Waals surface area (Å²) < 4.78 is 11.5. The van der Waals surface area contributed by atoms with Crippen molar-refractivity contribution in [2.24, 2.45) is 9.98 Å². The smallest absolute Gasteiger partial charge is 0.260 e. The summed E-state index contributed by atoms with van der Waals surface area (Å²) in [5.74, 6) is 0.530. The summed E-state index contributed by atoms with van der Waals surface area (Å²) in [6.07, 6.45) is 0.586. The van der Waals surface area contributed by atoms with Gasteiger partial charge in [-0.3, -0.25) is 19.7 Å².